The number of halogens is 2. The summed E-state index contributed by atoms with van der Waals surface area (Å²) in [5, 5.41) is 4.05. The molecule has 0 aliphatic heterocycles. The van der Waals surface area contributed by atoms with E-state index in [2.05, 4.69) is 5.32 Å². The van der Waals surface area contributed by atoms with Crippen molar-refractivity contribution < 1.29 is 18.7 Å². The minimum absolute atomic E-state index is 0.156. The highest BCUT2D eigenvalue weighted by atomic mass is 35.5. The molecule has 0 aliphatic rings. The van der Waals surface area contributed by atoms with Gasteiger partial charge in [-0.3, -0.25) is 9.59 Å². The number of benzene rings is 2. The molecule has 3 aromatic rings. The van der Waals surface area contributed by atoms with E-state index in [4.69, 9.17) is 32.4 Å². The van der Waals surface area contributed by atoms with E-state index in [9.17, 15) is 14.4 Å². The monoisotopic (exact) mass is 419 g/mol. The Labute approximate surface area is 170 Å². The number of fused-ring (bicyclic) bond motifs is 1. The first-order valence-corrected chi connectivity index (χ1v) is 9.01. The normalized spacial score (nSPS) is 10.7. The van der Waals surface area contributed by atoms with Gasteiger partial charge >= 0.3 is 11.6 Å². The van der Waals surface area contributed by atoms with Gasteiger partial charge in [-0.2, -0.15) is 0 Å². The second kappa shape index (κ2) is 8.46. The largest absolute Gasteiger partial charge is 0.459 e. The lowest BCUT2D eigenvalue weighted by Crippen LogP contribution is -2.30. The zero-order chi connectivity index (χ0) is 20.3. The van der Waals surface area contributed by atoms with Gasteiger partial charge in [0, 0.05) is 32.6 Å². The van der Waals surface area contributed by atoms with Crippen molar-refractivity contribution in [1.29, 1.82) is 0 Å². The molecule has 0 fully saturated rings. The molecule has 0 unspecified atom stereocenters. The third-order valence-corrected chi connectivity index (χ3v) is 4.66. The van der Waals surface area contributed by atoms with Crippen LogP contribution in [0, 0.1) is 6.92 Å². The Hall–Kier alpha value is -2.83. The second-order valence-corrected chi connectivity index (χ2v) is 6.88. The standard InChI is InChI=1S/C20H15Cl2NO5/c1-11-6-17-15(8-16(11)22)13(7-18(24)28-17)10-27-19(25)9-23-20(26)12-2-4-14(21)5-3-12/h2-8H,9-10H2,1H3,(H,23,26). The minimum atomic E-state index is -0.651. The number of rotatable bonds is 5. The zero-order valence-electron chi connectivity index (χ0n) is 14.8. The number of hydrogen-bond donors (Lipinski definition) is 1. The molecule has 144 valence electrons. The number of esters is 1. The van der Waals surface area contributed by atoms with Gasteiger partial charge in [0.05, 0.1) is 0 Å². The topological polar surface area (TPSA) is 85.6 Å². The number of hydrogen-bond acceptors (Lipinski definition) is 5. The molecule has 0 radical (unpaired) electrons. The van der Waals surface area contributed by atoms with Crippen LogP contribution in [0.1, 0.15) is 21.5 Å². The van der Waals surface area contributed by atoms with E-state index in [-0.39, 0.29) is 13.2 Å². The smallest absolute Gasteiger partial charge is 0.336 e. The van der Waals surface area contributed by atoms with E-state index in [0.29, 0.717) is 32.1 Å². The Bertz CT molecular complexity index is 1110. The lowest BCUT2D eigenvalue weighted by atomic mass is 10.1. The van der Waals surface area contributed by atoms with E-state index in [1.807, 2.05) is 0 Å². The van der Waals surface area contributed by atoms with E-state index in [1.54, 1.807) is 43.3 Å². The van der Waals surface area contributed by atoms with Crippen LogP contribution in [0.5, 0.6) is 0 Å². The van der Waals surface area contributed by atoms with Crippen molar-refractivity contribution >= 4 is 46.0 Å². The number of carbonyl (C=O) groups excluding carboxylic acids is 2. The number of ether oxygens (including phenoxy) is 1. The maximum atomic E-state index is 12.0. The summed E-state index contributed by atoms with van der Waals surface area (Å²) < 4.78 is 10.3. The maximum Gasteiger partial charge on any atom is 0.336 e. The molecule has 6 nitrogen and oxygen atoms in total. The van der Waals surface area contributed by atoms with Crippen molar-refractivity contribution in [1.82, 2.24) is 5.32 Å². The van der Waals surface area contributed by atoms with Crippen LogP contribution in [-0.4, -0.2) is 18.4 Å². The summed E-state index contributed by atoms with van der Waals surface area (Å²) in [5.41, 5.74) is 1.39. The molecule has 1 heterocycles. The first-order chi connectivity index (χ1) is 13.3. The van der Waals surface area contributed by atoms with Crippen LogP contribution < -0.4 is 10.9 Å². The van der Waals surface area contributed by atoms with Crippen LogP contribution in [0.3, 0.4) is 0 Å². The molecule has 3 rings (SSSR count). The average molecular weight is 420 g/mol. The molecule has 0 atom stereocenters. The average Bonchev–Trinajstić information content (AvgIpc) is 2.66. The van der Waals surface area contributed by atoms with Gasteiger partial charge < -0.3 is 14.5 Å². The molecule has 0 spiro atoms. The molecule has 0 bridgehead atoms. The molecule has 1 amide bonds. The van der Waals surface area contributed by atoms with Gasteiger partial charge in [-0.15, -0.1) is 0 Å². The number of carbonyl (C=O) groups is 2. The van der Waals surface area contributed by atoms with E-state index in [0.717, 1.165) is 5.56 Å². The van der Waals surface area contributed by atoms with Crippen molar-refractivity contribution in [2.75, 3.05) is 6.54 Å². The summed E-state index contributed by atoms with van der Waals surface area (Å²) in [6, 6.07) is 10.8. The summed E-state index contributed by atoms with van der Waals surface area (Å²) >= 11 is 11.9. The molecule has 1 N–H and O–H groups in total. The van der Waals surface area contributed by atoms with Crippen LogP contribution in [0.4, 0.5) is 0 Å². The van der Waals surface area contributed by atoms with E-state index in [1.165, 1.54) is 6.07 Å². The van der Waals surface area contributed by atoms with Gasteiger partial charge in [-0.1, -0.05) is 23.2 Å². The van der Waals surface area contributed by atoms with Gasteiger partial charge in [-0.05, 0) is 48.9 Å². The van der Waals surface area contributed by atoms with Gasteiger partial charge in [0.15, 0.2) is 0 Å². The molecule has 8 heteroatoms. The van der Waals surface area contributed by atoms with Crippen LogP contribution in [0.2, 0.25) is 10.0 Å². The first kappa shape index (κ1) is 19.9. The molecule has 0 aliphatic carbocycles. The highest BCUT2D eigenvalue weighted by molar-refractivity contribution is 6.32. The van der Waals surface area contributed by atoms with Gasteiger partial charge in [-0.25, -0.2) is 4.79 Å². The van der Waals surface area contributed by atoms with Crippen LogP contribution in [0.25, 0.3) is 11.0 Å². The zero-order valence-corrected chi connectivity index (χ0v) is 16.3. The Morgan fingerprint density at radius 1 is 1.11 bits per heavy atom. The third-order valence-electron chi connectivity index (χ3n) is 4.00. The highest BCUT2D eigenvalue weighted by Gasteiger charge is 2.12. The number of amides is 1. The van der Waals surface area contributed by atoms with Gasteiger partial charge in [0.2, 0.25) is 0 Å². The fraction of sp³-hybridized carbons (Fsp3) is 0.150. The van der Waals surface area contributed by atoms with Crippen molar-refractivity contribution in [3.8, 4) is 0 Å². The van der Waals surface area contributed by atoms with Crippen molar-refractivity contribution in [3.05, 3.63) is 79.6 Å². The summed E-state index contributed by atoms with van der Waals surface area (Å²) in [6.45, 7) is 1.32. The molecule has 2 aromatic carbocycles. The summed E-state index contributed by atoms with van der Waals surface area (Å²) in [6.07, 6.45) is 0. The second-order valence-electron chi connectivity index (χ2n) is 6.04. The lowest BCUT2D eigenvalue weighted by Gasteiger charge is -2.09. The SMILES string of the molecule is Cc1cc2oc(=O)cc(COC(=O)CNC(=O)c3ccc(Cl)cc3)c2cc1Cl. The third kappa shape index (κ3) is 4.71. The predicted molar refractivity (Wildman–Crippen MR) is 106 cm³/mol. The molecule has 1 aromatic heterocycles. The summed E-state index contributed by atoms with van der Waals surface area (Å²) in [7, 11) is 0. The molecule has 0 saturated carbocycles. The minimum Gasteiger partial charge on any atom is -0.459 e. The fourth-order valence-electron chi connectivity index (χ4n) is 2.53. The summed E-state index contributed by atoms with van der Waals surface area (Å²) in [5.74, 6) is -1.08. The van der Waals surface area contributed by atoms with E-state index >= 15 is 0 Å². The van der Waals surface area contributed by atoms with E-state index < -0.39 is 17.5 Å². The highest BCUT2D eigenvalue weighted by Crippen LogP contribution is 2.25. The maximum absolute atomic E-state index is 12.0. The predicted octanol–water partition coefficient (Wildman–Crippen LogP) is 3.88. The summed E-state index contributed by atoms with van der Waals surface area (Å²) in [4.78, 5) is 35.7. The molecule has 0 saturated heterocycles. The number of aryl methyl sites for hydroxylation is 1. The van der Waals surface area contributed by atoms with Crippen LogP contribution >= 0.6 is 23.2 Å². The quantitative estimate of drug-likeness (QED) is 0.500. The Morgan fingerprint density at radius 2 is 1.82 bits per heavy atom. The van der Waals surface area contributed by atoms with Gasteiger partial charge in [0.1, 0.15) is 18.7 Å². The fourth-order valence-corrected chi connectivity index (χ4v) is 2.82. The molecular weight excluding hydrogens is 405 g/mol. The lowest BCUT2D eigenvalue weighted by molar-refractivity contribution is -0.143. The molecule has 28 heavy (non-hydrogen) atoms. The molecular formula is C20H15Cl2NO5. The van der Waals surface area contributed by atoms with Crippen molar-refractivity contribution in [2.45, 2.75) is 13.5 Å². The first-order valence-electron chi connectivity index (χ1n) is 8.26. The Balaban J connectivity index is 1.64. The van der Waals surface area contributed by atoms with Crippen molar-refractivity contribution in [2.24, 2.45) is 0 Å². The number of nitrogens with one attached hydrogen (secondary N) is 1. The van der Waals surface area contributed by atoms with Crippen LogP contribution in [0.15, 0.2) is 51.7 Å². The van der Waals surface area contributed by atoms with Crippen molar-refractivity contribution in [3.63, 3.8) is 0 Å². The van der Waals surface area contributed by atoms with Crippen LogP contribution in [-0.2, 0) is 16.1 Å². The van der Waals surface area contributed by atoms with Gasteiger partial charge in [0.25, 0.3) is 5.91 Å². The Kier molecular flexibility index (Phi) is 6.02. The Morgan fingerprint density at radius 3 is 2.54 bits per heavy atom.